The Morgan fingerprint density at radius 1 is 1.08 bits per heavy atom. The Balaban J connectivity index is 2.37. The third-order valence-electron chi connectivity index (χ3n) is 2.21. The number of rotatable bonds is 6. The topological polar surface area (TPSA) is 17.0 Å². The average Bonchev–Trinajstić information content (AvgIpc) is 2.58. The van der Waals surface area contributed by atoms with Crippen molar-refractivity contribution in [3.8, 4) is 0 Å². The summed E-state index contributed by atoms with van der Waals surface area (Å²) in [6.45, 7) is 4.47. The second kappa shape index (κ2) is 5.68. The first-order chi connectivity index (χ1) is 6.36. The summed E-state index contributed by atoms with van der Waals surface area (Å²) in [4.78, 5) is 0. The highest BCUT2D eigenvalue weighted by atomic mass is 15.4. The van der Waals surface area contributed by atoms with Crippen molar-refractivity contribution in [2.45, 2.75) is 45.6 Å². The SMILES string of the molecule is CCCC(CCC)Nn1cccc1. The molecule has 0 amide bonds. The third kappa shape index (κ3) is 3.53. The highest BCUT2D eigenvalue weighted by Gasteiger charge is 2.04. The van der Waals surface area contributed by atoms with Crippen LogP contribution in [-0.4, -0.2) is 10.7 Å². The molecule has 13 heavy (non-hydrogen) atoms. The van der Waals surface area contributed by atoms with E-state index in [0.717, 1.165) is 0 Å². The molecule has 74 valence electrons. The van der Waals surface area contributed by atoms with Crippen molar-refractivity contribution < 1.29 is 0 Å². The molecule has 0 saturated heterocycles. The number of hydrogen-bond acceptors (Lipinski definition) is 1. The van der Waals surface area contributed by atoms with E-state index in [1.807, 2.05) is 12.1 Å². The lowest BCUT2D eigenvalue weighted by atomic mass is 10.1. The van der Waals surface area contributed by atoms with Gasteiger partial charge in [-0.25, -0.2) is 0 Å². The van der Waals surface area contributed by atoms with Crippen LogP contribution in [0.15, 0.2) is 24.5 Å². The fraction of sp³-hybridized carbons (Fsp3) is 0.636. The quantitative estimate of drug-likeness (QED) is 0.712. The molecule has 1 aromatic heterocycles. The molecule has 2 heteroatoms. The number of nitrogens with one attached hydrogen (secondary N) is 1. The van der Waals surface area contributed by atoms with Crippen LogP contribution in [0.5, 0.6) is 0 Å². The lowest BCUT2D eigenvalue weighted by Crippen LogP contribution is -2.26. The first kappa shape index (κ1) is 10.2. The predicted octanol–water partition coefficient (Wildman–Crippen LogP) is 3.00. The molecule has 0 aliphatic carbocycles. The van der Waals surface area contributed by atoms with E-state index in [9.17, 15) is 0 Å². The van der Waals surface area contributed by atoms with Gasteiger partial charge in [0.25, 0.3) is 0 Å². The Bertz CT molecular complexity index is 198. The minimum Gasteiger partial charge on any atom is -0.323 e. The largest absolute Gasteiger partial charge is 0.323 e. The van der Waals surface area contributed by atoms with Gasteiger partial charge in [0.2, 0.25) is 0 Å². The number of aromatic nitrogens is 1. The zero-order valence-corrected chi connectivity index (χ0v) is 8.66. The second-order valence-corrected chi connectivity index (χ2v) is 3.49. The molecule has 1 heterocycles. The maximum absolute atomic E-state index is 3.48. The first-order valence-corrected chi connectivity index (χ1v) is 5.26. The highest BCUT2D eigenvalue weighted by molar-refractivity contribution is 4.95. The molecule has 0 bridgehead atoms. The molecule has 2 nitrogen and oxygen atoms in total. The molecule has 0 fully saturated rings. The van der Waals surface area contributed by atoms with Crippen LogP contribution in [-0.2, 0) is 0 Å². The Labute approximate surface area is 80.9 Å². The summed E-state index contributed by atoms with van der Waals surface area (Å²) in [7, 11) is 0. The summed E-state index contributed by atoms with van der Waals surface area (Å²) in [6, 6.07) is 4.71. The molecule has 1 aromatic rings. The number of nitrogens with zero attached hydrogens (tertiary/aromatic N) is 1. The Hall–Kier alpha value is -0.920. The molecule has 0 saturated carbocycles. The highest BCUT2D eigenvalue weighted by Crippen LogP contribution is 2.05. The fourth-order valence-corrected chi connectivity index (χ4v) is 1.60. The Morgan fingerprint density at radius 3 is 2.08 bits per heavy atom. The predicted molar refractivity (Wildman–Crippen MR) is 57.4 cm³/mol. The molecule has 0 aliphatic rings. The summed E-state index contributed by atoms with van der Waals surface area (Å²) in [5.74, 6) is 0. The third-order valence-corrected chi connectivity index (χ3v) is 2.21. The second-order valence-electron chi connectivity index (χ2n) is 3.49. The van der Waals surface area contributed by atoms with Crippen LogP contribution < -0.4 is 5.43 Å². The van der Waals surface area contributed by atoms with Crippen molar-refractivity contribution in [2.24, 2.45) is 0 Å². The van der Waals surface area contributed by atoms with Gasteiger partial charge in [-0.1, -0.05) is 26.7 Å². The summed E-state index contributed by atoms with van der Waals surface area (Å²) in [5, 5.41) is 0. The van der Waals surface area contributed by atoms with Crippen molar-refractivity contribution in [3.05, 3.63) is 24.5 Å². The maximum atomic E-state index is 3.48. The van der Waals surface area contributed by atoms with Crippen LogP contribution in [0.3, 0.4) is 0 Å². The summed E-state index contributed by atoms with van der Waals surface area (Å²) >= 11 is 0. The van der Waals surface area contributed by atoms with E-state index < -0.39 is 0 Å². The fourth-order valence-electron chi connectivity index (χ4n) is 1.60. The molecular formula is C11H20N2. The molecule has 0 radical (unpaired) electrons. The zero-order valence-electron chi connectivity index (χ0n) is 8.66. The van der Waals surface area contributed by atoms with Crippen LogP contribution in [0.2, 0.25) is 0 Å². The van der Waals surface area contributed by atoms with E-state index in [4.69, 9.17) is 0 Å². The van der Waals surface area contributed by atoms with E-state index >= 15 is 0 Å². The molecule has 0 unspecified atom stereocenters. The van der Waals surface area contributed by atoms with Crippen LogP contribution >= 0.6 is 0 Å². The van der Waals surface area contributed by atoms with Gasteiger partial charge in [0.05, 0.1) is 0 Å². The molecule has 0 spiro atoms. The lowest BCUT2D eigenvalue weighted by molar-refractivity contribution is 0.540. The zero-order chi connectivity index (χ0) is 9.52. The normalized spacial score (nSPS) is 10.7. The summed E-state index contributed by atoms with van der Waals surface area (Å²) < 4.78 is 2.05. The minimum absolute atomic E-state index is 0.627. The van der Waals surface area contributed by atoms with Crippen LogP contribution in [0, 0.1) is 0 Å². The van der Waals surface area contributed by atoms with E-state index in [1.165, 1.54) is 25.7 Å². The lowest BCUT2D eigenvalue weighted by Gasteiger charge is -2.19. The van der Waals surface area contributed by atoms with Gasteiger partial charge in [-0.2, -0.15) is 0 Å². The number of hydrogen-bond donors (Lipinski definition) is 1. The molecule has 0 atom stereocenters. The van der Waals surface area contributed by atoms with E-state index in [-0.39, 0.29) is 0 Å². The summed E-state index contributed by atoms with van der Waals surface area (Å²) in [6.07, 6.45) is 9.12. The van der Waals surface area contributed by atoms with Crippen molar-refractivity contribution in [1.82, 2.24) is 4.68 Å². The van der Waals surface area contributed by atoms with Crippen molar-refractivity contribution in [1.29, 1.82) is 0 Å². The van der Waals surface area contributed by atoms with Gasteiger partial charge in [-0.05, 0) is 25.0 Å². The molecule has 0 aromatic carbocycles. The van der Waals surface area contributed by atoms with Crippen LogP contribution in [0.25, 0.3) is 0 Å². The van der Waals surface area contributed by atoms with Crippen LogP contribution in [0.1, 0.15) is 39.5 Å². The molecule has 0 aliphatic heterocycles. The first-order valence-electron chi connectivity index (χ1n) is 5.26. The summed E-state index contributed by atoms with van der Waals surface area (Å²) in [5.41, 5.74) is 3.48. The molecule has 1 rings (SSSR count). The monoisotopic (exact) mass is 180 g/mol. The maximum Gasteiger partial charge on any atom is 0.0424 e. The smallest absolute Gasteiger partial charge is 0.0424 e. The van der Waals surface area contributed by atoms with Gasteiger partial charge in [-0.15, -0.1) is 0 Å². The van der Waals surface area contributed by atoms with Crippen molar-refractivity contribution >= 4 is 0 Å². The van der Waals surface area contributed by atoms with Gasteiger partial charge < -0.3 is 5.43 Å². The average molecular weight is 180 g/mol. The Kier molecular flexibility index (Phi) is 4.44. The van der Waals surface area contributed by atoms with Gasteiger partial charge in [0.15, 0.2) is 0 Å². The van der Waals surface area contributed by atoms with Gasteiger partial charge >= 0.3 is 0 Å². The minimum atomic E-state index is 0.627. The van der Waals surface area contributed by atoms with E-state index in [0.29, 0.717) is 6.04 Å². The Morgan fingerprint density at radius 2 is 1.62 bits per heavy atom. The standard InChI is InChI=1S/C11H20N2/c1-3-7-11(8-4-2)12-13-9-5-6-10-13/h5-6,9-12H,3-4,7-8H2,1-2H3. The van der Waals surface area contributed by atoms with Gasteiger partial charge in [-0.3, -0.25) is 4.68 Å². The van der Waals surface area contributed by atoms with E-state index in [1.54, 1.807) is 0 Å². The molecule has 1 N–H and O–H groups in total. The molecular weight excluding hydrogens is 160 g/mol. The van der Waals surface area contributed by atoms with Crippen molar-refractivity contribution in [2.75, 3.05) is 5.43 Å². The van der Waals surface area contributed by atoms with Gasteiger partial charge in [0.1, 0.15) is 0 Å². The van der Waals surface area contributed by atoms with Crippen LogP contribution in [0.4, 0.5) is 0 Å². The van der Waals surface area contributed by atoms with Crippen molar-refractivity contribution in [3.63, 3.8) is 0 Å². The van der Waals surface area contributed by atoms with Gasteiger partial charge in [0, 0.05) is 18.4 Å². The van der Waals surface area contributed by atoms with E-state index in [2.05, 4.69) is 36.3 Å².